The van der Waals surface area contributed by atoms with E-state index in [-0.39, 0.29) is 16.9 Å². The molecule has 0 N–H and O–H groups in total. The van der Waals surface area contributed by atoms with Crippen LogP contribution in [-0.4, -0.2) is 10.4 Å². The lowest BCUT2D eigenvalue weighted by Crippen LogP contribution is -2.27. The van der Waals surface area contributed by atoms with Crippen LogP contribution in [0.2, 0.25) is 0 Å². The van der Waals surface area contributed by atoms with Crippen LogP contribution in [0.4, 0.5) is 0 Å². The number of carbonyl (C=O) groups excluding carboxylic acids is 1. The summed E-state index contributed by atoms with van der Waals surface area (Å²) in [5, 5.41) is 0. The van der Waals surface area contributed by atoms with Crippen LogP contribution >= 0.6 is 0 Å². The Hall–Kier alpha value is -2.16. The lowest BCUT2D eigenvalue weighted by Gasteiger charge is -2.15. The van der Waals surface area contributed by atoms with E-state index in [1.807, 2.05) is 26.8 Å². The fourth-order valence-corrected chi connectivity index (χ4v) is 2.54. The van der Waals surface area contributed by atoms with Crippen molar-refractivity contribution in [1.82, 2.24) is 4.57 Å². The third-order valence-electron chi connectivity index (χ3n) is 3.67. The van der Waals surface area contributed by atoms with Gasteiger partial charge in [-0.3, -0.25) is 9.59 Å². The maximum absolute atomic E-state index is 12.5. The summed E-state index contributed by atoms with van der Waals surface area (Å²) < 4.78 is 1.72. The molecule has 0 fully saturated rings. The number of ketones is 1. The molecule has 0 radical (unpaired) electrons. The highest BCUT2D eigenvalue weighted by Crippen LogP contribution is 2.24. The Kier molecular flexibility index (Phi) is 4.41. The third-order valence-corrected chi connectivity index (χ3v) is 3.67. The fraction of sp³-hybridized carbons (Fsp3) is 0.333. The smallest absolute Gasteiger partial charge is 0.261 e. The van der Waals surface area contributed by atoms with E-state index >= 15 is 0 Å². The molecule has 1 heterocycles. The SMILES string of the molecule is CCCn1c(-c2cc(C)ccc2C)ccc(C(C)=O)c1=O. The van der Waals surface area contributed by atoms with Gasteiger partial charge in [-0.2, -0.15) is 0 Å². The molecule has 3 nitrogen and oxygen atoms in total. The van der Waals surface area contributed by atoms with Crippen LogP contribution in [-0.2, 0) is 6.54 Å². The number of hydrogen-bond acceptors (Lipinski definition) is 2. The minimum Gasteiger partial charge on any atom is -0.308 e. The monoisotopic (exact) mass is 283 g/mol. The first-order valence-electron chi connectivity index (χ1n) is 7.28. The van der Waals surface area contributed by atoms with Crippen molar-refractivity contribution >= 4 is 5.78 Å². The van der Waals surface area contributed by atoms with Crippen molar-refractivity contribution < 1.29 is 4.79 Å². The zero-order valence-electron chi connectivity index (χ0n) is 13.1. The first-order chi connectivity index (χ1) is 9.95. The van der Waals surface area contributed by atoms with E-state index in [2.05, 4.69) is 18.2 Å². The van der Waals surface area contributed by atoms with Crippen LogP contribution < -0.4 is 5.56 Å². The molecule has 0 aliphatic carbocycles. The number of aromatic nitrogens is 1. The summed E-state index contributed by atoms with van der Waals surface area (Å²) in [5.41, 5.74) is 4.28. The second kappa shape index (κ2) is 6.08. The highest BCUT2D eigenvalue weighted by molar-refractivity contribution is 5.94. The summed E-state index contributed by atoms with van der Waals surface area (Å²) in [6.45, 7) is 8.15. The van der Waals surface area contributed by atoms with E-state index < -0.39 is 0 Å². The Morgan fingerprint density at radius 1 is 1.14 bits per heavy atom. The van der Waals surface area contributed by atoms with Crippen LogP contribution in [0, 0.1) is 13.8 Å². The van der Waals surface area contributed by atoms with Gasteiger partial charge in [0.1, 0.15) is 0 Å². The van der Waals surface area contributed by atoms with Gasteiger partial charge in [0.05, 0.1) is 11.3 Å². The van der Waals surface area contributed by atoms with Gasteiger partial charge in [-0.25, -0.2) is 0 Å². The van der Waals surface area contributed by atoms with E-state index in [4.69, 9.17) is 0 Å². The summed E-state index contributed by atoms with van der Waals surface area (Å²) in [6, 6.07) is 9.74. The van der Waals surface area contributed by atoms with E-state index in [0.717, 1.165) is 28.8 Å². The van der Waals surface area contributed by atoms with Gasteiger partial charge in [-0.15, -0.1) is 0 Å². The number of hydrogen-bond donors (Lipinski definition) is 0. The van der Waals surface area contributed by atoms with Crippen LogP contribution in [0.25, 0.3) is 11.3 Å². The molecule has 0 amide bonds. The number of pyridine rings is 1. The average molecular weight is 283 g/mol. The van der Waals surface area contributed by atoms with Gasteiger partial charge in [0.2, 0.25) is 0 Å². The fourth-order valence-electron chi connectivity index (χ4n) is 2.54. The zero-order chi connectivity index (χ0) is 15.6. The van der Waals surface area contributed by atoms with Gasteiger partial charge >= 0.3 is 0 Å². The van der Waals surface area contributed by atoms with Crippen molar-refractivity contribution in [3.8, 4) is 11.3 Å². The summed E-state index contributed by atoms with van der Waals surface area (Å²) in [4.78, 5) is 24.1. The van der Waals surface area contributed by atoms with E-state index in [9.17, 15) is 9.59 Å². The molecule has 3 heteroatoms. The molecule has 0 spiro atoms. The van der Waals surface area contributed by atoms with Crippen molar-refractivity contribution in [2.45, 2.75) is 40.7 Å². The van der Waals surface area contributed by atoms with Gasteiger partial charge in [0.25, 0.3) is 5.56 Å². The van der Waals surface area contributed by atoms with Crippen LogP contribution in [0.5, 0.6) is 0 Å². The Morgan fingerprint density at radius 3 is 2.48 bits per heavy atom. The van der Waals surface area contributed by atoms with Crippen molar-refractivity contribution in [3.05, 3.63) is 57.4 Å². The zero-order valence-corrected chi connectivity index (χ0v) is 13.1. The normalized spacial score (nSPS) is 10.7. The summed E-state index contributed by atoms with van der Waals surface area (Å²) in [6.07, 6.45) is 0.846. The number of nitrogens with zero attached hydrogens (tertiary/aromatic N) is 1. The average Bonchev–Trinajstić information content (AvgIpc) is 2.43. The van der Waals surface area contributed by atoms with Crippen molar-refractivity contribution in [1.29, 1.82) is 0 Å². The molecular formula is C18H21NO2. The molecule has 0 saturated heterocycles. The second-order valence-electron chi connectivity index (χ2n) is 5.46. The van der Waals surface area contributed by atoms with Crippen LogP contribution in [0.15, 0.2) is 35.1 Å². The number of rotatable bonds is 4. The molecule has 0 aliphatic heterocycles. The largest absolute Gasteiger partial charge is 0.308 e. The Bertz CT molecular complexity index is 741. The molecule has 0 atom stereocenters. The lowest BCUT2D eigenvalue weighted by atomic mass is 10.0. The Balaban J connectivity index is 2.74. The van der Waals surface area contributed by atoms with Gasteiger partial charge in [0, 0.05) is 12.1 Å². The molecule has 110 valence electrons. The molecule has 0 bridgehead atoms. The third kappa shape index (κ3) is 2.97. The highest BCUT2D eigenvalue weighted by Gasteiger charge is 2.14. The van der Waals surface area contributed by atoms with Gasteiger partial charge in [-0.05, 0) is 51.0 Å². The Labute approximate surface area is 125 Å². The molecule has 1 aromatic heterocycles. The van der Waals surface area contributed by atoms with E-state index in [1.165, 1.54) is 6.92 Å². The maximum atomic E-state index is 12.5. The number of carbonyl (C=O) groups is 1. The molecule has 2 aromatic rings. The Morgan fingerprint density at radius 2 is 1.86 bits per heavy atom. The molecule has 0 saturated carbocycles. The van der Waals surface area contributed by atoms with Gasteiger partial charge < -0.3 is 4.57 Å². The summed E-state index contributed by atoms with van der Waals surface area (Å²) in [5.74, 6) is -0.183. The molecule has 0 unspecified atom stereocenters. The predicted octanol–water partition coefficient (Wildman–Crippen LogP) is 3.74. The summed E-state index contributed by atoms with van der Waals surface area (Å²) in [7, 11) is 0. The second-order valence-corrected chi connectivity index (χ2v) is 5.46. The number of aryl methyl sites for hydroxylation is 2. The maximum Gasteiger partial charge on any atom is 0.261 e. The predicted molar refractivity (Wildman–Crippen MR) is 85.9 cm³/mol. The number of Topliss-reactive ketones (excluding diaryl/α,β-unsaturated/α-hetero) is 1. The molecule has 21 heavy (non-hydrogen) atoms. The van der Waals surface area contributed by atoms with E-state index in [0.29, 0.717) is 6.54 Å². The van der Waals surface area contributed by atoms with Crippen LogP contribution in [0.1, 0.15) is 41.8 Å². The molecule has 2 rings (SSSR count). The molecular weight excluding hydrogens is 262 g/mol. The van der Waals surface area contributed by atoms with Gasteiger partial charge in [0.15, 0.2) is 5.78 Å². The summed E-state index contributed by atoms with van der Waals surface area (Å²) >= 11 is 0. The standard InChI is InChI=1S/C18H21NO2/c1-5-10-19-17(9-8-15(14(4)20)18(19)21)16-11-12(2)6-7-13(16)3/h6-9,11H,5,10H2,1-4H3. The van der Waals surface area contributed by atoms with E-state index in [1.54, 1.807) is 10.6 Å². The van der Waals surface area contributed by atoms with Crippen molar-refractivity contribution in [2.75, 3.05) is 0 Å². The van der Waals surface area contributed by atoms with Gasteiger partial charge in [-0.1, -0.05) is 24.6 Å². The van der Waals surface area contributed by atoms with Crippen LogP contribution in [0.3, 0.4) is 0 Å². The van der Waals surface area contributed by atoms with Crippen molar-refractivity contribution in [3.63, 3.8) is 0 Å². The topological polar surface area (TPSA) is 39.1 Å². The van der Waals surface area contributed by atoms with Crippen molar-refractivity contribution in [2.24, 2.45) is 0 Å². The highest BCUT2D eigenvalue weighted by atomic mass is 16.1. The molecule has 0 aliphatic rings. The molecule has 1 aromatic carbocycles. The quantitative estimate of drug-likeness (QED) is 0.802. The first kappa shape index (κ1) is 15.2. The first-order valence-corrected chi connectivity index (χ1v) is 7.28. The number of benzene rings is 1. The lowest BCUT2D eigenvalue weighted by molar-refractivity contribution is 0.101. The minimum atomic E-state index is -0.192. The minimum absolute atomic E-state index is 0.183.